The van der Waals surface area contributed by atoms with Crippen molar-refractivity contribution in [3.8, 4) is 10.6 Å². The molecule has 2 aromatic rings. The molecule has 0 atom stereocenters. The van der Waals surface area contributed by atoms with Gasteiger partial charge in [-0.25, -0.2) is 14.2 Å². The molecule has 0 fully saturated rings. The summed E-state index contributed by atoms with van der Waals surface area (Å²) in [4.78, 5) is 21.5. The maximum Gasteiger partial charge on any atom is 0.414 e. The summed E-state index contributed by atoms with van der Waals surface area (Å²) in [7, 11) is 1.62. The predicted molar refractivity (Wildman–Crippen MR) is 88.0 cm³/mol. The number of carbonyl (C=O) groups excluding carboxylic acids is 1. The van der Waals surface area contributed by atoms with Gasteiger partial charge in [-0.3, -0.25) is 9.88 Å². The van der Waals surface area contributed by atoms with Crippen LogP contribution in [0.25, 0.3) is 10.6 Å². The molecule has 2 heterocycles. The molecule has 0 aromatic carbocycles. The summed E-state index contributed by atoms with van der Waals surface area (Å²) in [5.74, 6) is -0.424. The van der Waals surface area contributed by atoms with E-state index in [0.29, 0.717) is 19.3 Å². The first kappa shape index (κ1) is 16.1. The number of anilines is 1. The Morgan fingerprint density at radius 1 is 1.48 bits per heavy atom. The van der Waals surface area contributed by atoms with Crippen molar-refractivity contribution in [1.29, 1.82) is 0 Å². The predicted octanol–water partition coefficient (Wildman–Crippen LogP) is 3.93. The molecule has 0 aliphatic rings. The van der Waals surface area contributed by atoms with Gasteiger partial charge in [0.05, 0.1) is 12.3 Å². The van der Waals surface area contributed by atoms with Crippen molar-refractivity contribution < 1.29 is 13.9 Å². The molecule has 0 aliphatic heterocycles. The minimum absolute atomic E-state index is 0.197. The zero-order chi connectivity index (χ0) is 15.6. The molecule has 0 aliphatic carbocycles. The van der Waals surface area contributed by atoms with Gasteiger partial charge in [0, 0.05) is 18.8 Å². The first-order valence-electron chi connectivity index (χ1n) is 6.10. The van der Waals surface area contributed by atoms with Crippen LogP contribution in [0, 0.1) is 9.52 Å². The Bertz CT molecular complexity index is 663. The molecule has 1 amide bonds. The highest BCUT2D eigenvalue weighted by Crippen LogP contribution is 2.35. The molecule has 2 aromatic heterocycles. The lowest BCUT2D eigenvalue weighted by molar-refractivity contribution is 0.124. The van der Waals surface area contributed by atoms with E-state index in [1.807, 2.05) is 22.6 Å². The largest absolute Gasteiger partial charge is 0.446 e. The molecule has 2 rings (SSSR count). The van der Waals surface area contributed by atoms with Gasteiger partial charge in [0.15, 0.2) is 0 Å². The molecule has 0 unspecified atom stereocenters. The summed E-state index contributed by atoms with van der Waals surface area (Å²) in [6.45, 7) is 3.57. The highest BCUT2D eigenvalue weighted by atomic mass is 127. The van der Waals surface area contributed by atoms with Crippen molar-refractivity contribution in [3.63, 3.8) is 0 Å². The zero-order valence-electron chi connectivity index (χ0n) is 11.6. The molecule has 5 nitrogen and oxygen atoms in total. The third-order valence-electron chi connectivity index (χ3n) is 2.44. The topological polar surface area (TPSA) is 55.3 Å². The average Bonchev–Trinajstić information content (AvgIpc) is 2.79. The summed E-state index contributed by atoms with van der Waals surface area (Å²) in [5, 5.41) is 1.26. The van der Waals surface area contributed by atoms with Gasteiger partial charge in [-0.15, -0.1) is 0 Å². The van der Waals surface area contributed by atoms with Gasteiger partial charge in [-0.05, 0) is 42.5 Å². The summed E-state index contributed by atoms with van der Waals surface area (Å²) in [5.41, 5.74) is 0.579. The van der Waals surface area contributed by atoms with Crippen molar-refractivity contribution >= 4 is 45.0 Å². The molecule has 0 spiro atoms. The van der Waals surface area contributed by atoms with Crippen molar-refractivity contribution in [3.05, 3.63) is 28.0 Å². The fraction of sp³-hybridized carbons (Fsp3) is 0.308. The van der Waals surface area contributed by atoms with Crippen LogP contribution in [0.15, 0.2) is 18.5 Å². The SMILES string of the molecule is CC(C)OC(=O)N(C)c1sc(-c2cncc(F)c2)nc1I. The number of amides is 1. The molecule has 0 bridgehead atoms. The quantitative estimate of drug-likeness (QED) is 0.705. The Labute approximate surface area is 139 Å². The van der Waals surface area contributed by atoms with Gasteiger partial charge in [0.1, 0.15) is 19.5 Å². The fourth-order valence-electron chi connectivity index (χ4n) is 1.52. The number of nitrogens with zero attached hydrogens (tertiary/aromatic N) is 3. The van der Waals surface area contributed by atoms with Gasteiger partial charge >= 0.3 is 6.09 Å². The number of carbonyl (C=O) groups is 1. The maximum absolute atomic E-state index is 13.2. The van der Waals surface area contributed by atoms with Crippen molar-refractivity contribution in [1.82, 2.24) is 9.97 Å². The van der Waals surface area contributed by atoms with Crippen LogP contribution in [-0.4, -0.2) is 29.2 Å². The number of pyridine rings is 1. The lowest BCUT2D eigenvalue weighted by Gasteiger charge is -2.16. The van der Waals surface area contributed by atoms with E-state index >= 15 is 0 Å². The van der Waals surface area contributed by atoms with Crippen LogP contribution in [0.2, 0.25) is 0 Å². The van der Waals surface area contributed by atoms with E-state index in [1.54, 1.807) is 20.9 Å². The van der Waals surface area contributed by atoms with E-state index in [-0.39, 0.29) is 6.10 Å². The van der Waals surface area contributed by atoms with Crippen LogP contribution >= 0.6 is 33.9 Å². The molecule has 0 saturated heterocycles. The van der Waals surface area contributed by atoms with E-state index < -0.39 is 11.9 Å². The lowest BCUT2D eigenvalue weighted by atomic mass is 10.3. The lowest BCUT2D eigenvalue weighted by Crippen LogP contribution is -2.29. The molecule has 8 heteroatoms. The number of thiazole rings is 1. The van der Waals surface area contributed by atoms with E-state index in [1.165, 1.54) is 28.5 Å². The van der Waals surface area contributed by atoms with Crippen LogP contribution in [-0.2, 0) is 4.74 Å². The highest BCUT2D eigenvalue weighted by molar-refractivity contribution is 14.1. The minimum Gasteiger partial charge on any atom is -0.446 e. The summed E-state index contributed by atoms with van der Waals surface area (Å²) in [6.07, 6.45) is 2.02. The normalized spacial score (nSPS) is 10.8. The maximum atomic E-state index is 13.2. The Hall–Kier alpha value is -1.29. The molecular weight excluding hydrogens is 408 g/mol. The summed E-state index contributed by atoms with van der Waals surface area (Å²) >= 11 is 3.32. The third kappa shape index (κ3) is 3.88. The third-order valence-corrected chi connectivity index (χ3v) is 4.74. The van der Waals surface area contributed by atoms with Crippen LogP contribution in [0.4, 0.5) is 14.2 Å². The van der Waals surface area contributed by atoms with Crippen molar-refractivity contribution in [2.45, 2.75) is 20.0 Å². The van der Waals surface area contributed by atoms with Crippen LogP contribution < -0.4 is 4.90 Å². The van der Waals surface area contributed by atoms with E-state index in [0.717, 1.165) is 6.20 Å². The highest BCUT2D eigenvalue weighted by Gasteiger charge is 2.21. The number of rotatable bonds is 3. The average molecular weight is 421 g/mol. The van der Waals surface area contributed by atoms with Crippen molar-refractivity contribution in [2.75, 3.05) is 11.9 Å². The van der Waals surface area contributed by atoms with Gasteiger partial charge in [0.25, 0.3) is 0 Å². The van der Waals surface area contributed by atoms with E-state index in [2.05, 4.69) is 9.97 Å². The number of halogens is 2. The molecule has 0 N–H and O–H groups in total. The fourth-order valence-corrected chi connectivity index (χ4v) is 3.50. The van der Waals surface area contributed by atoms with Gasteiger partial charge < -0.3 is 4.74 Å². The monoisotopic (exact) mass is 421 g/mol. The second-order valence-electron chi connectivity index (χ2n) is 4.50. The second-order valence-corrected chi connectivity index (χ2v) is 6.50. The van der Waals surface area contributed by atoms with Crippen LogP contribution in [0.5, 0.6) is 0 Å². The first-order valence-corrected chi connectivity index (χ1v) is 7.99. The van der Waals surface area contributed by atoms with Crippen LogP contribution in [0.3, 0.4) is 0 Å². The number of ether oxygens (including phenoxy) is 1. The molecule has 0 radical (unpaired) electrons. The Morgan fingerprint density at radius 3 is 2.81 bits per heavy atom. The van der Waals surface area contributed by atoms with Crippen LogP contribution in [0.1, 0.15) is 13.8 Å². The molecule has 0 saturated carbocycles. The number of hydrogen-bond acceptors (Lipinski definition) is 5. The summed E-state index contributed by atoms with van der Waals surface area (Å²) < 4.78 is 19.0. The molecular formula is C13H13FIN3O2S. The Balaban J connectivity index is 2.29. The smallest absolute Gasteiger partial charge is 0.414 e. The minimum atomic E-state index is -0.449. The van der Waals surface area contributed by atoms with Gasteiger partial charge in [-0.2, -0.15) is 0 Å². The van der Waals surface area contributed by atoms with E-state index in [4.69, 9.17) is 4.74 Å². The zero-order valence-corrected chi connectivity index (χ0v) is 14.6. The standard InChI is InChI=1S/C13H13FIN3O2S/c1-7(2)20-13(19)18(3)12-10(15)17-11(21-12)8-4-9(14)6-16-5-8/h4-7H,1-3H3. The molecule has 112 valence electrons. The Morgan fingerprint density at radius 2 is 2.19 bits per heavy atom. The Kier molecular flexibility index (Phi) is 5.09. The number of hydrogen-bond donors (Lipinski definition) is 0. The summed E-state index contributed by atoms with van der Waals surface area (Å²) in [6, 6.07) is 1.36. The van der Waals surface area contributed by atoms with E-state index in [9.17, 15) is 9.18 Å². The van der Waals surface area contributed by atoms with Crippen molar-refractivity contribution in [2.24, 2.45) is 0 Å². The van der Waals surface area contributed by atoms with Gasteiger partial charge in [-0.1, -0.05) is 11.3 Å². The molecule has 21 heavy (non-hydrogen) atoms. The first-order chi connectivity index (χ1) is 9.88. The second kappa shape index (κ2) is 6.65. The van der Waals surface area contributed by atoms with Gasteiger partial charge in [0.2, 0.25) is 0 Å². The number of aromatic nitrogens is 2.